The number of carbonyl (C=O) groups excluding carboxylic acids is 1. The summed E-state index contributed by atoms with van der Waals surface area (Å²) in [7, 11) is 2.89. The number of carbonyl (C=O) groups is 1. The predicted octanol–water partition coefficient (Wildman–Crippen LogP) is 3.71. The van der Waals surface area contributed by atoms with Gasteiger partial charge >= 0.3 is 0 Å². The van der Waals surface area contributed by atoms with Crippen LogP contribution in [0.15, 0.2) is 61.9 Å². The third-order valence-corrected chi connectivity index (χ3v) is 5.99. The quantitative estimate of drug-likeness (QED) is 0.242. The Balaban J connectivity index is 0.00000155. The van der Waals surface area contributed by atoms with E-state index < -0.39 is 0 Å². The zero-order valence-electron chi connectivity index (χ0n) is 16.1. The van der Waals surface area contributed by atoms with Crippen molar-refractivity contribution in [1.82, 2.24) is 20.2 Å². The number of phenolic OH excluding ortho intramolecular Hbond substituents is 1. The maximum absolute atomic E-state index is 12.2. The number of aryl methyl sites for hydroxylation is 1. The van der Waals surface area contributed by atoms with Crippen molar-refractivity contribution < 1.29 is 15.0 Å². The van der Waals surface area contributed by atoms with E-state index in [9.17, 15) is 9.90 Å². The van der Waals surface area contributed by atoms with Crippen molar-refractivity contribution in [3.05, 3.63) is 68.4 Å². The largest absolute Gasteiger partial charge is 0.506 e. The van der Waals surface area contributed by atoms with Gasteiger partial charge in [0, 0.05) is 25.5 Å². The highest BCUT2D eigenvalue weighted by Gasteiger charge is 2.07. The second-order valence-corrected chi connectivity index (χ2v) is 8.39. The molecular formula is C19H19Br2N5O3S. The van der Waals surface area contributed by atoms with E-state index in [1.165, 1.54) is 6.21 Å². The fourth-order valence-corrected chi connectivity index (χ4v) is 4.26. The van der Waals surface area contributed by atoms with Crippen LogP contribution in [0.2, 0.25) is 0 Å². The third kappa shape index (κ3) is 6.66. The minimum absolute atomic E-state index is 0.110. The van der Waals surface area contributed by atoms with E-state index in [4.69, 9.17) is 5.11 Å². The van der Waals surface area contributed by atoms with Gasteiger partial charge in [-0.2, -0.15) is 5.10 Å². The summed E-state index contributed by atoms with van der Waals surface area (Å²) in [6, 6.07) is 10.7. The molecule has 158 valence electrons. The molecule has 0 bridgehead atoms. The summed E-state index contributed by atoms with van der Waals surface area (Å²) in [5, 5.41) is 29.4. The fraction of sp³-hybridized carbons (Fsp3) is 0.158. The minimum atomic E-state index is -0.305. The molecule has 11 heteroatoms. The van der Waals surface area contributed by atoms with E-state index in [0.717, 1.165) is 23.6 Å². The first-order chi connectivity index (χ1) is 14.4. The predicted molar refractivity (Wildman–Crippen MR) is 124 cm³/mol. The third-order valence-electron chi connectivity index (χ3n) is 3.67. The van der Waals surface area contributed by atoms with Gasteiger partial charge in [0.1, 0.15) is 12.1 Å². The maximum atomic E-state index is 12.2. The highest BCUT2D eigenvalue weighted by molar-refractivity contribution is 9.11. The van der Waals surface area contributed by atoms with Crippen molar-refractivity contribution in [2.75, 3.05) is 7.11 Å². The molecule has 0 unspecified atom stereocenters. The second-order valence-electron chi connectivity index (χ2n) is 5.74. The van der Waals surface area contributed by atoms with Crippen molar-refractivity contribution in [2.45, 2.75) is 10.9 Å². The number of thioether (sulfide) groups is 1. The summed E-state index contributed by atoms with van der Waals surface area (Å²) >= 11 is 8.08. The number of aromatic hydroxyl groups is 1. The highest BCUT2D eigenvalue weighted by Crippen LogP contribution is 2.32. The zero-order chi connectivity index (χ0) is 22.1. The summed E-state index contributed by atoms with van der Waals surface area (Å²) < 4.78 is 2.92. The summed E-state index contributed by atoms with van der Waals surface area (Å²) in [6.07, 6.45) is 3.16. The SMILES string of the molecule is CO.Cn1cnnc1SCc1ccc(C(=O)NN=Cc2cc(Br)c(O)c(Br)c2)cc1. The normalized spacial score (nSPS) is 10.6. The fourth-order valence-electron chi connectivity index (χ4n) is 2.19. The lowest BCUT2D eigenvalue weighted by Gasteiger charge is -2.04. The number of halogens is 2. The number of nitrogens with zero attached hydrogens (tertiary/aromatic N) is 4. The number of phenols is 1. The van der Waals surface area contributed by atoms with Gasteiger partial charge in [-0.3, -0.25) is 4.79 Å². The Hall–Kier alpha value is -2.21. The Bertz CT molecular complexity index is 1000. The van der Waals surface area contributed by atoms with Gasteiger partial charge in [0.25, 0.3) is 5.91 Å². The highest BCUT2D eigenvalue weighted by atomic mass is 79.9. The number of aliphatic hydroxyl groups is 1. The molecule has 30 heavy (non-hydrogen) atoms. The van der Waals surface area contributed by atoms with Crippen LogP contribution in [0.25, 0.3) is 0 Å². The lowest BCUT2D eigenvalue weighted by atomic mass is 10.1. The Morgan fingerprint density at radius 1 is 1.23 bits per heavy atom. The van der Waals surface area contributed by atoms with Crippen molar-refractivity contribution in [3.63, 3.8) is 0 Å². The average Bonchev–Trinajstić information content (AvgIpc) is 3.17. The second kappa shape index (κ2) is 11.8. The Kier molecular flexibility index (Phi) is 9.50. The van der Waals surface area contributed by atoms with Gasteiger partial charge < -0.3 is 14.8 Å². The Morgan fingerprint density at radius 3 is 2.43 bits per heavy atom. The molecule has 0 aliphatic rings. The van der Waals surface area contributed by atoms with Crippen molar-refractivity contribution in [1.29, 1.82) is 0 Å². The smallest absolute Gasteiger partial charge is 0.271 e. The van der Waals surface area contributed by atoms with E-state index in [2.05, 4.69) is 52.6 Å². The number of hydrogen-bond acceptors (Lipinski definition) is 7. The molecule has 2 aromatic carbocycles. The van der Waals surface area contributed by atoms with Gasteiger partial charge in [-0.15, -0.1) is 10.2 Å². The van der Waals surface area contributed by atoms with Crippen LogP contribution in [0, 0.1) is 0 Å². The van der Waals surface area contributed by atoms with Crippen LogP contribution < -0.4 is 5.43 Å². The molecular weight excluding hydrogens is 538 g/mol. The molecule has 1 aromatic heterocycles. The first-order valence-electron chi connectivity index (χ1n) is 8.46. The molecule has 0 radical (unpaired) electrons. The number of nitrogens with one attached hydrogen (secondary N) is 1. The first kappa shape index (κ1) is 24.1. The van der Waals surface area contributed by atoms with E-state index in [1.54, 1.807) is 42.4 Å². The monoisotopic (exact) mass is 555 g/mol. The minimum Gasteiger partial charge on any atom is -0.506 e. The van der Waals surface area contributed by atoms with E-state index in [0.29, 0.717) is 20.1 Å². The van der Waals surface area contributed by atoms with Crippen LogP contribution in [0.1, 0.15) is 21.5 Å². The molecule has 0 saturated carbocycles. The molecule has 0 spiro atoms. The van der Waals surface area contributed by atoms with E-state index in [1.807, 2.05) is 23.7 Å². The molecule has 3 aromatic rings. The summed E-state index contributed by atoms with van der Waals surface area (Å²) in [5.41, 5.74) is 4.80. The molecule has 3 rings (SSSR count). The van der Waals surface area contributed by atoms with Crippen LogP contribution in [-0.4, -0.2) is 44.2 Å². The lowest BCUT2D eigenvalue weighted by molar-refractivity contribution is 0.0955. The van der Waals surface area contributed by atoms with E-state index >= 15 is 0 Å². The molecule has 0 aliphatic heterocycles. The van der Waals surface area contributed by atoms with Gasteiger partial charge in [0.05, 0.1) is 15.2 Å². The van der Waals surface area contributed by atoms with Crippen LogP contribution in [-0.2, 0) is 12.8 Å². The number of benzene rings is 2. The van der Waals surface area contributed by atoms with Crippen LogP contribution >= 0.6 is 43.6 Å². The summed E-state index contributed by atoms with van der Waals surface area (Å²) in [5.74, 6) is 0.538. The molecule has 0 atom stereocenters. The molecule has 8 nitrogen and oxygen atoms in total. The molecule has 0 fully saturated rings. The Labute approximate surface area is 194 Å². The molecule has 3 N–H and O–H groups in total. The number of hydrazone groups is 1. The van der Waals surface area contributed by atoms with Gasteiger partial charge in [0.2, 0.25) is 0 Å². The molecule has 0 saturated heterocycles. The molecule has 0 aliphatic carbocycles. The van der Waals surface area contributed by atoms with Gasteiger partial charge in [-0.1, -0.05) is 23.9 Å². The number of aromatic nitrogens is 3. The zero-order valence-corrected chi connectivity index (χ0v) is 20.1. The van der Waals surface area contributed by atoms with Crippen molar-refractivity contribution in [2.24, 2.45) is 12.1 Å². The average molecular weight is 557 g/mol. The van der Waals surface area contributed by atoms with Crippen molar-refractivity contribution >= 4 is 55.7 Å². The van der Waals surface area contributed by atoms with Gasteiger partial charge in [-0.25, -0.2) is 5.43 Å². The van der Waals surface area contributed by atoms with Gasteiger partial charge in [-0.05, 0) is 67.3 Å². The maximum Gasteiger partial charge on any atom is 0.271 e. The number of aliphatic hydroxyl groups excluding tert-OH is 1. The number of amides is 1. The molecule has 1 amide bonds. The first-order valence-corrected chi connectivity index (χ1v) is 11.0. The molecule has 1 heterocycles. The Morgan fingerprint density at radius 2 is 1.87 bits per heavy atom. The summed E-state index contributed by atoms with van der Waals surface area (Å²) in [4.78, 5) is 12.2. The van der Waals surface area contributed by atoms with E-state index in [-0.39, 0.29) is 11.7 Å². The lowest BCUT2D eigenvalue weighted by Crippen LogP contribution is -2.17. The van der Waals surface area contributed by atoms with Crippen LogP contribution in [0.5, 0.6) is 5.75 Å². The van der Waals surface area contributed by atoms with Crippen LogP contribution in [0.3, 0.4) is 0 Å². The standard InChI is InChI=1S/C18H15Br2N5O2S.CH4O/c1-25-10-22-24-18(25)28-9-11-2-4-13(5-3-11)17(27)23-21-8-12-6-14(19)16(26)15(20)7-12;1-2/h2-8,10,26H,9H2,1H3,(H,23,27);2H,1H3. The van der Waals surface area contributed by atoms with Crippen LogP contribution in [0.4, 0.5) is 0 Å². The van der Waals surface area contributed by atoms with Crippen molar-refractivity contribution in [3.8, 4) is 5.75 Å². The number of rotatable bonds is 6. The number of hydrogen-bond donors (Lipinski definition) is 3. The summed E-state index contributed by atoms with van der Waals surface area (Å²) in [6.45, 7) is 0. The van der Waals surface area contributed by atoms with Gasteiger partial charge in [0.15, 0.2) is 5.16 Å². The topological polar surface area (TPSA) is 113 Å².